The van der Waals surface area contributed by atoms with Gasteiger partial charge in [0, 0.05) is 16.2 Å². The van der Waals surface area contributed by atoms with Crippen molar-refractivity contribution in [1.82, 2.24) is 4.98 Å². The van der Waals surface area contributed by atoms with Gasteiger partial charge in [-0.05, 0) is 46.9 Å². The molecular formula is C13H11IN2O3S. The maximum Gasteiger partial charge on any atom is 0.358 e. The molecule has 0 radical (unpaired) electrons. The van der Waals surface area contributed by atoms with Crippen molar-refractivity contribution in [2.24, 2.45) is 0 Å². The van der Waals surface area contributed by atoms with Crippen LogP contribution in [0.2, 0.25) is 0 Å². The Hall–Kier alpha value is -1.48. The summed E-state index contributed by atoms with van der Waals surface area (Å²) in [6.45, 7) is 1.40. The van der Waals surface area contributed by atoms with Gasteiger partial charge in [0.05, 0.1) is 7.11 Å². The summed E-state index contributed by atoms with van der Waals surface area (Å²) in [5, 5.41) is 3.55. The highest BCUT2D eigenvalue weighted by atomic mass is 127. The second-order valence-electron chi connectivity index (χ2n) is 3.88. The predicted molar refractivity (Wildman–Crippen MR) is 85.9 cm³/mol. The number of nitrogens with one attached hydrogen (secondary N) is 1. The highest BCUT2D eigenvalue weighted by molar-refractivity contribution is 14.1. The molecule has 5 nitrogen and oxygen atoms in total. The maximum atomic E-state index is 11.6. The van der Waals surface area contributed by atoms with Crippen molar-refractivity contribution >= 4 is 56.5 Å². The first kappa shape index (κ1) is 14.9. The van der Waals surface area contributed by atoms with E-state index in [2.05, 4.69) is 37.6 Å². The summed E-state index contributed by atoms with van der Waals surface area (Å²) >= 11 is 3.35. The van der Waals surface area contributed by atoms with Gasteiger partial charge in [0.1, 0.15) is 4.88 Å². The zero-order chi connectivity index (χ0) is 14.7. The van der Waals surface area contributed by atoms with E-state index in [9.17, 15) is 9.59 Å². The fraction of sp³-hybridized carbons (Fsp3) is 0.154. The number of ketones is 1. The number of methoxy groups -OCH3 is 1. The summed E-state index contributed by atoms with van der Waals surface area (Å²) in [6, 6.07) is 7.69. The van der Waals surface area contributed by atoms with E-state index in [1.165, 1.54) is 14.0 Å². The number of ether oxygens (including phenoxy) is 1. The number of halogens is 1. The van der Waals surface area contributed by atoms with Crippen LogP contribution in [0.15, 0.2) is 24.3 Å². The Morgan fingerprint density at radius 2 is 1.95 bits per heavy atom. The zero-order valence-corrected chi connectivity index (χ0v) is 13.7. The monoisotopic (exact) mass is 402 g/mol. The molecule has 1 aromatic heterocycles. The molecule has 0 aliphatic heterocycles. The van der Waals surface area contributed by atoms with Crippen LogP contribution >= 0.6 is 33.9 Å². The van der Waals surface area contributed by atoms with Gasteiger partial charge in [-0.1, -0.05) is 11.3 Å². The van der Waals surface area contributed by atoms with E-state index in [0.29, 0.717) is 10.0 Å². The summed E-state index contributed by atoms with van der Waals surface area (Å²) in [4.78, 5) is 27.5. The van der Waals surface area contributed by atoms with Gasteiger partial charge >= 0.3 is 5.97 Å². The number of carbonyl (C=O) groups is 2. The van der Waals surface area contributed by atoms with Crippen molar-refractivity contribution in [1.29, 1.82) is 0 Å². The molecule has 0 atom stereocenters. The molecule has 0 saturated carbocycles. The molecule has 1 aromatic carbocycles. The van der Waals surface area contributed by atoms with Crippen molar-refractivity contribution in [2.75, 3.05) is 12.4 Å². The normalized spacial score (nSPS) is 10.2. The van der Waals surface area contributed by atoms with E-state index in [1.54, 1.807) is 0 Å². The number of benzene rings is 1. The van der Waals surface area contributed by atoms with Crippen LogP contribution in [0.5, 0.6) is 0 Å². The van der Waals surface area contributed by atoms with Crippen molar-refractivity contribution in [3.63, 3.8) is 0 Å². The van der Waals surface area contributed by atoms with Gasteiger partial charge in [0.25, 0.3) is 0 Å². The number of hydrogen-bond donors (Lipinski definition) is 1. The molecule has 2 rings (SSSR count). The second kappa shape index (κ2) is 6.31. The van der Waals surface area contributed by atoms with Crippen LogP contribution < -0.4 is 5.32 Å². The molecule has 0 bridgehead atoms. The van der Waals surface area contributed by atoms with Gasteiger partial charge in [-0.25, -0.2) is 9.78 Å². The first-order chi connectivity index (χ1) is 9.51. The lowest BCUT2D eigenvalue weighted by atomic mass is 10.3. The van der Waals surface area contributed by atoms with Crippen molar-refractivity contribution in [2.45, 2.75) is 6.92 Å². The van der Waals surface area contributed by atoms with Gasteiger partial charge in [-0.2, -0.15) is 0 Å². The molecule has 0 aliphatic rings. The number of nitrogens with zero attached hydrogens (tertiary/aromatic N) is 1. The summed E-state index contributed by atoms with van der Waals surface area (Å²) in [5.74, 6) is -0.819. The van der Waals surface area contributed by atoms with Gasteiger partial charge < -0.3 is 10.1 Å². The summed E-state index contributed by atoms with van der Waals surface area (Å²) in [5.41, 5.74) is 0.892. The van der Waals surface area contributed by atoms with Gasteiger partial charge in [-0.3, -0.25) is 4.79 Å². The summed E-state index contributed by atoms with van der Waals surface area (Å²) in [6.07, 6.45) is 0. The van der Waals surface area contributed by atoms with Crippen molar-refractivity contribution < 1.29 is 14.3 Å². The smallest absolute Gasteiger partial charge is 0.358 e. The van der Waals surface area contributed by atoms with Crippen LogP contribution in [-0.4, -0.2) is 23.8 Å². The van der Waals surface area contributed by atoms with E-state index >= 15 is 0 Å². The fourth-order valence-electron chi connectivity index (χ4n) is 1.50. The Balaban J connectivity index is 2.31. The van der Waals surface area contributed by atoms with Crippen molar-refractivity contribution in [3.05, 3.63) is 38.4 Å². The molecule has 1 heterocycles. The number of Topliss-reactive ketones (excluding diaryl/α,β-unsaturated/α-hetero) is 1. The molecule has 0 saturated heterocycles. The average molecular weight is 402 g/mol. The molecule has 0 unspecified atom stereocenters. The van der Waals surface area contributed by atoms with Crippen LogP contribution in [0.3, 0.4) is 0 Å². The number of thiazole rings is 1. The zero-order valence-electron chi connectivity index (χ0n) is 10.8. The molecular weight excluding hydrogens is 391 g/mol. The third-order valence-corrected chi connectivity index (χ3v) is 4.21. The van der Waals surface area contributed by atoms with E-state index in [-0.39, 0.29) is 11.5 Å². The number of esters is 1. The lowest BCUT2D eigenvalue weighted by molar-refractivity contribution is 0.0591. The van der Waals surface area contributed by atoms with Crippen LogP contribution in [0.4, 0.5) is 10.8 Å². The standard InChI is InChI=1S/C13H11IN2O3S/c1-7(17)11-10(12(18)19-2)16-13(20-11)15-9-5-3-8(14)4-6-9/h3-6H,1-2H3,(H,15,16). The van der Waals surface area contributed by atoms with E-state index < -0.39 is 5.97 Å². The number of carbonyl (C=O) groups excluding carboxylic acids is 2. The average Bonchev–Trinajstić information content (AvgIpc) is 2.84. The first-order valence-corrected chi connectivity index (χ1v) is 7.53. The predicted octanol–water partition coefficient (Wildman–Crippen LogP) is 3.48. The molecule has 2 aromatic rings. The van der Waals surface area contributed by atoms with E-state index in [1.807, 2.05) is 24.3 Å². The Morgan fingerprint density at radius 3 is 2.50 bits per heavy atom. The van der Waals surface area contributed by atoms with Gasteiger partial charge in [-0.15, -0.1) is 0 Å². The Kier molecular flexibility index (Phi) is 4.71. The molecule has 1 N–H and O–H groups in total. The SMILES string of the molecule is COC(=O)c1nc(Nc2ccc(I)cc2)sc1C(C)=O. The van der Waals surface area contributed by atoms with Crippen LogP contribution in [-0.2, 0) is 4.74 Å². The number of anilines is 2. The number of rotatable bonds is 4. The minimum atomic E-state index is -0.609. The minimum Gasteiger partial charge on any atom is -0.464 e. The second-order valence-corrected chi connectivity index (χ2v) is 6.12. The molecule has 0 fully saturated rings. The maximum absolute atomic E-state index is 11.6. The number of hydrogen-bond acceptors (Lipinski definition) is 6. The van der Waals surface area contributed by atoms with Crippen LogP contribution in [0, 0.1) is 3.57 Å². The lowest BCUT2D eigenvalue weighted by Crippen LogP contribution is -2.07. The van der Waals surface area contributed by atoms with E-state index in [0.717, 1.165) is 20.6 Å². The Labute approximate surface area is 133 Å². The lowest BCUT2D eigenvalue weighted by Gasteiger charge is -2.01. The van der Waals surface area contributed by atoms with E-state index in [4.69, 9.17) is 0 Å². The van der Waals surface area contributed by atoms with Gasteiger partial charge in [0.2, 0.25) is 0 Å². The molecule has 0 aliphatic carbocycles. The summed E-state index contributed by atoms with van der Waals surface area (Å²) in [7, 11) is 1.26. The third kappa shape index (κ3) is 3.34. The summed E-state index contributed by atoms with van der Waals surface area (Å²) < 4.78 is 5.75. The first-order valence-electron chi connectivity index (χ1n) is 5.64. The molecule has 104 valence electrons. The Morgan fingerprint density at radius 1 is 1.30 bits per heavy atom. The third-order valence-electron chi connectivity index (χ3n) is 2.42. The Bertz CT molecular complexity index is 652. The fourth-order valence-corrected chi connectivity index (χ4v) is 2.73. The van der Waals surface area contributed by atoms with Crippen LogP contribution in [0.1, 0.15) is 27.1 Å². The van der Waals surface area contributed by atoms with Gasteiger partial charge in [0.15, 0.2) is 16.6 Å². The molecule has 7 heteroatoms. The topological polar surface area (TPSA) is 68.3 Å². The highest BCUT2D eigenvalue weighted by Gasteiger charge is 2.21. The largest absolute Gasteiger partial charge is 0.464 e. The van der Waals surface area contributed by atoms with Crippen LogP contribution in [0.25, 0.3) is 0 Å². The molecule has 0 spiro atoms. The van der Waals surface area contributed by atoms with Crippen molar-refractivity contribution in [3.8, 4) is 0 Å². The molecule has 0 amide bonds. The highest BCUT2D eigenvalue weighted by Crippen LogP contribution is 2.27. The quantitative estimate of drug-likeness (QED) is 0.482. The number of aromatic nitrogens is 1. The molecule has 20 heavy (non-hydrogen) atoms. The minimum absolute atomic E-state index is 0.0537.